The van der Waals surface area contributed by atoms with E-state index in [1.807, 2.05) is 13.0 Å². The first-order valence-electron chi connectivity index (χ1n) is 13.9. The van der Waals surface area contributed by atoms with Crippen LogP contribution in [0, 0.1) is 0 Å². The fraction of sp³-hybridized carbons (Fsp3) is 0.484. The van der Waals surface area contributed by atoms with Crippen LogP contribution in [0.5, 0.6) is 17.2 Å². The Labute approximate surface area is 230 Å². The Balaban J connectivity index is 1.72. The zero-order chi connectivity index (χ0) is 27.8. The van der Waals surface area contributed by atoms with Gasteiger partial charge in [-0.3, -0.25) is 9.59 Å². The van der Waals surface area contributed by atoms with Crippen molar-refractivity contribution in [3.8, 4) is 17.2 Å². The summed E-state index contributed by atoms with van der Waals surface area (Å²) in [6, 6.07) is 11.5. The molecule has 8 heteroatoms. The number of Topliss-reactive ketones (excluding diaryl/α,β-unsaturated/α-hetero) is 1. The molecule has 2 aromatic carbocycles. The van der Waals surface area contributed by atoms with Gasteiger partial charge in [-0.1, -0.05) is 32.8 Å². The fourth-order valence-corrected chi connectivity index (χ4v) is 5.01. The number of benzene rings is 2. The molecule has 0 radical (unpaired) electrons. The van der Waals surface area contributed by atoms with Crippen molar-refractivity contribution >= 4 is 17.4 Å². The molecule has 2 atom stereocenters. The molecule has 0 bridgehead atoms. The molecule has 2 aliphatic heterocycles. The minimum Gasteiger partial charge on any atom is -0.507 e. The zero-order valence-corrected chi connectivity index (χ0v) is 23.1. The third-order valence-corrected chi connectivity index (χ3v) is 7.07. The van der Waals surface area contributed by atoms with Gasteiger partial charge in [-0.25, -0.2) is 0 Å². The highest BCUT2D eigenvalue weighted by Gasteiger charge is 2.47. The molecule has 2 fully saturated rings. The van der Waals surface area contributed by atoms with Crippen molar-refractivity contribution in [2.75, 3.05) is 33.5 Å². The van der Waals surface area contributed by atoms with Gasteiger partial charge in [-0.15, -0.1) is 0 Å². The van der Waals surface area contributed by atoms with Gasteiger partial charge in [-0.05, 0) is 67.6 Å². The molecular weight excluding hydrogens is 498 g/mol. The summed E-state index contributed by atoms with van der Waals surface area (Å²) in [4.78, 5) is 28.2. The summed E-state index contributed by atoms with van der Waals surface area (Å²) in [5.41, 5.74) is 1.12. The molecule has 0 unspecified atom stereocenters. The Bertz CT molecular complexity index is 1170. The molecule has 2 saturated heterocycles. The van der Waals surface area contributed by atoms with Crippen molar-refractivity contribution in [1.29, 1.82) is 0 Å². The van der Waals surface area contributed by atoms with Crippen molar-refractivity contribution in [2.24, 2.45) is 0 Å². The van der Waals surface area contributed by atoms with Gasteiger partial charge in [0.05, 0.1) is 38.0 Å². The maximum Gasteiger partial charge on any atom is 0.295 e. The van der Waals surface area contributed by atoms with Gasteiger partial charge in [-0.2, -0.15) is 0 Å². The zero-order valence-electron chi connectivity index (χ0n) is 23.1. The number of carbonyl (C=O) groups excluding carboxylic acids is 2. The Hall–Kier alpha value is -3.52. The normalized spacial score (nSPS) is 20.4. The molecule has 8 nitrogen and oxygen atoms in total. The quantitative estimate of drug-likeness (QED) is 0.153. The van der Waals surface area contributed by atoms with Gasteiger partial charge in [0.2, 0.25) is 0 Å². The lowest BCUT2D eigenvalue weighted by molar-refractivity contribution is -0.140. The molecule has 2 aromatic rings. The molecule has 2 aliphatic rings. The van der Waals surface area contributed by atoms with E-state index >= 15 is 0 Å². The summed E-state index contributed by atoms with van der Waals surface area (Å²) in [5, 5.41) is 11.4. The number of hydrogen-bond donors (Lipinski definition) is 1. The Morgan fingerprint density at radius 3 is 2.46 bits per heavy atom. The lowest BCUT2D eigenvalue weighted by Gasteiger charge is -2.28. The van der Waals surface area contributed by atoms with Crippen LogP contribution in [0.2, 0.25) is 0 Å². The van der Waals surface area contributed by atoms with E-state index in [0.717, 1.165) is 38.5 Å². The van der Waals surface area contributed by atoms with Gasteiger partial charge in [0, 0.05) is 18.7 Å². The maximum absolute atomic E-state index is 13.4. The SMILES string of the molecule is CCCCCOc1ccc([C@@H]2C(=C(O)c3ccc(OCCC)cc3)C(=O)C(=O)N2C[C@H]2CCCO2)cc1OC. The second-order valence-electron chi connectivity index (χ2n) is 9.93. The first-order chi connectivity index (χ1) is 19.0. The molecule has 0 aromatic heterocycles. The number of ether oxygens (including phenoxy) is 4. The molecule has 39 heavy (non-hydrogen) atoms. The molecule has 0 aliphatic carbocycles. The van der Waals surface area contributed by atoms with E-state index in [0.29, 0.717) is 48.2 Å². The van der Waals surface area contributed by atoms with Crippen LogP contribution in [0.4, 0.5) is 0 Å². The van der Waals surface area contributed by atoms with Gasteiger partial charge in [0.25, 0.3) is 11.7 Å². The largest absolute Gasteiger partial charge is 0.507 e. The van der Waals surface area contributed by atoms with Crippen LogP contribution in [0.1, 0.15) is 69.5 Å². The van der Waals surface area contributed by atoms with E-state index in [-0.39, 0.29) is 24.0 Å². The summed E-state index contributed by atoms with van der Waals surface area (Å²) in [6.45, 7) is 6.20. The number of aliphatic hydroxyl groups is 1. The van der Waals surface area contributed by atoms with Gasteiger partial charge in [0.15, 0.2) is 11.5 Å². The van der Waals surface area contributed by atoms with E-state index in [1.165, 1.54) is 4.90 Å². The first kappa shape index (κ1) is 28.5. The standard InChI is InChI=1S/C31H39NO7/c1-4-6-7-17-39-25-15-12-22(19-26(25)36-3)28-27(29(33)21-10-13-23(14-11-21)37-16-5-2)30(34)31(35)32(28)20-24-9-8-18-38-24/h10-15,19,24,28,33H,4-9,16-18,20H2,1-3H3/t24-,28-/m1/s1. The average Bonchev–Trinajstić information content (AvgIpc) is 3.56. The molecule has 1 amide bonds. The van der Waals surface area contributed by atoms with Crippen molar-refractivity contribution < 1.29 is 33.6 Å². The summed E-state index contributed by atoms with van der Waals surface area (Å²) < 4.78 is 23.0. The van der Waals surface area contributed by atoms with Crippen molar-refractivity contribution in [3.05, 3.63) is 59.2 Å². The lowest BCUT2D eigenvalue weighted by Crippen LogP contribution is -2.36. The summed E-state index contributed by atoms with van der Waals surface area (Å²) >= 11 is 0. The number of unbranched alkanes of at least 4 members (excludes halogenated alkanes) is 2. The van der Waals surface area contributed by atoms with Crippen LogP contribution in [-0.4, -0.2) is 61.3 Å². The Morgan fingerprint density at radius 2 is 1.79 bits per heavy atom. The maximum atomic E-state index is 13.4. The third kappa shape index (κ3) is 6.56. The molecule has 4 rings (SSSR count). The highest BCUT2D eigenvalue weighted by Crippen LogP contribution is 2.42. The number of amides is 1. The molecule has 1 N–H and O–H groups in total. The van der Waals surface area contributed by atoms with E-state index in [4.69, 9.17) is 18.9 Å². The monoisotopic (exact) mass is 537 g/mol. The third-order valence-electron chi connectivity index (χ3n) is 7.07. The second-order valence-corrected chi connectivity index (χ2v) is 9.93. The molecule has 0 saturated carbocycles. The number of carbonyl (C=O) groups is 2. The van der Waals surface area contributed by atoms with Gasteiger partial charge in [0.1, 0.15) is 11.5 Å². The van der Waals surface area contributed by atoms with E-state index in [9.17, 15) is 14.7 Å². The number of nitrogens with zero attached hydrogens (tertiary/aromatic N) is 1. The molecule has 210 valence electrons. The number of rotatable bonds is 13. The Morgan fingerprint density at radius 1 is 1.00 bits per heavy atom. The van der Waals surface area contributed by atoms with Crippen LogP contribution < -0.4 is 14.2 Å². The molecule has 2 heterocycles. The highest BCUT2D eigenvalue weighted by atomic mass is 16.5. The van der Waals surface area contributed by atoms with E-state index < -0.39 is 17.7 Å². The minimum atomic E-state index is -0.798. The predicted molar refractivity (Wildman–Crippen MR) is 148 cm³/mol. The summed E-state index contributed by atoms with van der Waals surface area (Å²) in [7, 11) is 1.56. The number of ketones is 1. The molecule has 0 spiro atoms. The number of hydrogen-bond acceptors (Lipinski definition) is 7. The lowest BCUT2D eigenvalue weighted by atomic mass is 9.94. The smallest absolute Gasteiger partial charge is 0.295 e. The Kier molecular flexibility index (Phi) is 9.87. The van der Waals surface area contributed by atoms with E-state index in [2.05, 4.69) is 6.92 Å². The van der Waals surface area contributed by atoms with Crippen LogP contribution in [0.25, 0.3) is 5.76 Å². The van der Waals surface area contributed by atoms with Crippen LogP contribution in [0.3, 0.4) is 0 Å². The number of likely N-dealkylation sites (tertiary alicyclic amines) is 1. The second kappa shape index (κ2) is 13.5. The minimum absolute atomic E-state index is 0.0406. The van der Waals surface area contributed by atoms with Crippen molar-refractivity contribution in [3.63, 3.8) is 0 Å². The number of aliphatic hydroxyl groups excluding tert-OH is 1. The summed E-state index contributed by atoms with van der Waals surface area (Å²) in [5.74, 6) is 0.164. The topological polar surface area (TPSA) is 94.5 Å². The first-order valence-corrected chi connectivity index (χ1v) is 13.9. The van der Waals surface area contributed by atoms with E-state index in [1.54, 1.807) is 43.5 Å². The average molecular weight is 538 g/mol. The summed E-state index contributed by atoms with van der Waals surface area (Å²) in [6.07, 6.45) is 5.53. The van der Waals surface area contributed by atoms with Crippen LogP contribution in [-0.2, 0) is 14.3 Å². The highest BCUT2D eigenvalue weighted by molar-refractivity contribution is 6.46. The van der Waals surface area contributed by atoms with Crippen molar-refractivity contribution in [2.45, 2.75) is 64.5 Å². The number of methoxy groups -OCH3 is 1. The van der Waals surface area contributed by atoms with Crippen LogP contribution in [0.15, 0.2) is 48.0 Å². The van der Waals surface area contributed by atoms with Gasteiger partial charge >= 0.3 is 0 Å². The predicted octanol–water partition coefficient (Wildman–Crippen LogP) is 5.65. The van der Waals surface area contributed by atoms with Gasteiger partial charge < -0.3 is 29.0 Å². The fourth-order valence-electron chi connectivity index (χ4n) is 5.01. The van der Waals surface area contributed by atoms with Crippen LogP contribution >= 0.6 is 0 Å². The van der Waals surface area contributed by atoms with Crippen molar-refractivity contribution in [1.82, 2.24) is 4.90 Å². The molecular formula is C31H39NO7.